The average Bonchev–Trinajstić information content (AvgIpc) is 3.44. The lowest BCUT2D eigenvalue weighted by Gasteiger charge is -2.26. The smallest absolute Gasteiger partial charge is 0.105 e. The number of hydrogen-bond acceptors (Lipinski definition) is 7. The molecule has 1 aliphatic rings. The van der Waals surface area contributed by atoms with E-state index in [1.165, 1.54) is 34.8 Å². The predicted molar refractivity (Wildman–Crippen MR) is 132 cm³/mol. The third-order valence-corrected chi connectivity index (χ3v) is 6.11. The van der Waals surface area contributed by atoms with Crippen LogP contribution in [-0.2, 0) is 6.54 Å². The number of aromatic nitrogens is 4. The molecule has 0 bridgehead atoms. The van der Waals surface area contributed by atoms with Crippen LogP contribution >= 0.6 is 23.7 Å². The van der Waals surface area contributed by atoms with Crippen molar-refractivity contribution in [3.05, 3.63) is 84.2 Å². The molecule has 5 rings (SSSR count). The van der Waals surface area contributed by atoms with Crippen LogP contribution in [0.1, 0.15) is 5.56 Å². The van der Waals surface area contributed by atoms with E-state index in [1.807, 2.05) is 18.4 Å². The normalized spacial score (nSPS) is 15.2. The molecule has 31 heavy (non-hydrogen) atoms. The summed E-state index contributed by atoms with van der Waals surface area (Å²) in [7, 11) is 0. The lowest BCUT2D eigenvalue weighted by molar-refractivity contribution is 0.854. The number of benzene rings is 2. The SMILES string of the molecule is C=C1C=CC(CN(Cc2ccc3nsnc3c2)c2ccc3nc[nH]c3c2)=C/C1=N/SC. The number of nitrogens with one attached hydrogen (secondary N) is 1. The first-order valence-electron chi connectivity index (χ1n) is 9.78. The van der Waals surface area contributed by atoms with Gasteiger partial charge in [-0.15, -0.1) is 0 Å². The first kappa shape index (κ1) is 19.7. The highest BCUT2D eigenvalue weighted by molar-refractivity contribution is 7.97. The van der Waals surface area contributed by atoms with E-state index < -0.39 is 0 Å². The third-order valence-electron chi connectivity index (χ3n) is 5.17. The van der Waals surface area contributed by atoms with Crippen LogP contribution in [0.25, 0.3) is 22.1 Å². The van der Waals surface area contributed by atoms with Gasteiger partial charge in [-0.2, -0.15) is 8.75 Å². The van der Waals surface area contributed by atoms with Crippen molar-refractivity contribution < 1.29 is 0 Å². The molecule has 6 nitrogen and oxygen atoms in total. The van der Waals surface area contributed by atoms with Crippen LogP contribution < -0.4 is 4.90 Å². The third kappa shape index (κ3) is 4.17. The number of imidazole rings is 1. The van der Waals surface area contributed by atoms with Crippen molar-refractivity contribution in [2.45, 2.75) is 6.54 Å². The van der Waals surface area contributed by atoms with Gasteiger partial charge in [0.25, 0.3) is 0 Å². The van der Waals surface area contributed by atoms with Gasteiger partial charge in [-0.1, -0.05) is 24.8 Å². The highest BCUT2D eigenvalue weighted by atomic mass is 32.2. The molecule has 2 heterocycles. The molecule has 0 radical (unpaired) electrons. The van der Waals surface area contributed by atoms with Crippen LogP contribution in [0.2, 0.25) is 0 Å². The number of H-pyrrole nitrogens is 1. The van der Waals surface area contributed by atoms with Gasteiger partial charge in [0, 0.05) is 25.0 Å². The van der Waals surface area contributed by atoms with E-state index in [0.29, 0.717) is 0 Å². The van der Waals surface area contributed by atoms with E-state index in [1.54, 1.807) is 6.33 Å². The summed E-state index contributed by atoms with van der Waals surface area (Å²) < 4.78 is 13.2. The van der Waals surface area contributed by atoms with Crippen LogP contribution in [-0.4, -0.2) is 37.2 Å². The maximum Gasteiger partial charge on any atom is 0.105 e. The van der Waals surface area contributed by atoms with Crippen molar-refractivity contribution in [3.8, 4) is 0 Å². The second kappa shape index (κ2) is 8.49. The molecule has 0 saturated heterocycles. The molecule has 0 amide bonds. The van der Waals surface area contributed by atoms with E-state index in [0.717, 1.165) is 52.1 Å². The Kier molecular flexibility index (Phi) is 5.40. The Bertz CT molecular complexity index is 1360. The second-order valence-corrected chi connectivity index (χ2v) is 8.36. The molecule has 0 atom stereocenters. The van der Waals surface area contributed by atoms with Gasteiger partial charge in [0.05, 0.1) is 34.8 Å². The molecule has 4 aromatic rings. The summed E-state index contributed by atoms with van der Waals surface area (Å²) in [5, 5.41) is 0. The maximum atomic E-state index is 4.50. The zero-order chi connectivity index (χ0) is 21.2. The summed E-state index contributed by atoms with van der Waals surface area (Å²) in [4.78, 5) is 9.91. The Morgan fingerprint density at radius 2 is 1.94 bits per heavy atom. The lowest BCUT2D eigenvalue weighted by atomic mass is 10.0. The fourth-order valence-electron chi connectivity index (χ4n) is 3.62. The number of rotatable bonds is 6. The number of fused-ring (bicyclic) bond motifs is 2. The monoisotopic (exact) mass is 444 g/mol. The Hall–Kier alpha value is -3.23. The predicted octanol–water partition coefficient (Wildman–Crippen LogP) is 5.35. The number of nitrogens with zero attached hydrogens (tertiary/aromatic N) is 5. The molecular formula is C23H20N6S2. The molecule has 0 unspecified atom stereocenters. The maximum absolute atomic E-state index is 4.50. The topological polar surface area (TPSA) is 70.1 Å². The number of allylic oxidation sites excluding steroid dienone is 3. The van der Waals surface area contributed by atoms with E-state index in [2.05, 4.69) is 77.1 Å². The molecule has 0 spiro atoms. The van der Waals surface area contributed by atoms with Crippen LogP contribution in [0.5, 0.6) is 0 Å². The van der Waals surface area contributed by atoms with Gasteiger partial charge in [-0.05, 0) is 65.1 Å². The molecular weight excluding hydrogens is 424 g/mol. The number of anilines is 1. The largest absolute Gasteiger partial charge is 0.363 e. The van der Waals surface area contributed by atoms with Gasteiger partial charge in [0.1, 0.15) is 11.0 Å². The van der Waals surface area contributed by atoms with Crippen LogP contribution in [0.15, 0.2) is 83.1 Å². The first-order valence-corrected chi connectivity index (χ1v) is 11.7. The molecule has 0 saturated carbocycles. The average molecular weight is 445 g/mol. The van der Waals surface area contributed by atoms with E-state index in [4.69, 9.17) is 0 Å². The van der Waals surface area contributed by atoms with Gasteiger partial charge in [0.15, 0.2) is 0 Å². The molecule has 154 valence electrons. The van der Waals surface area contributed by atoms with Gasteiger partial charge < -0.3 is 9.88 Å². The van der Waals surface area contributed by atoms with Gasteiger partial charge in [-0.25, -0.2) is 9.38 Å². The van der Waals surface area contributed by atoms with Crippen LogP contribution in [0, 0.1) is 0 Å². The van der Waals surface area contributed by atoms with Crippen molar-refractivity contribution in [1.82, 2.24) is 18.7 Å². The minimum absolute atomic E-state index is 0.740. The van der Waals surface area contributed by atoms with Gasteiger partial charge in [0.2, 0.25) is 0 Å². The molecule has 1 N–H and O–H groups in total. The Morgan fingerprint density at radius 1 is 1.06 bits per heavy atom. The minimum atomic E-state index is 0.740. The molecule has 0 aliphatic heterocycles. The zero-order valence-corrected chi connectivity index (χ0v) is 18.6. The van der Waals surface area contributed by atoms with Crippen molar-refractivity contribution in [1.29, 1.82) is 0 Å². The molecule has 8 heteroatoms. The Balaban J connectivity index is 1.50. The molecule has 1 aliphatic carbocycles. The van der Waals surface area contributed by atoms with Crippen LogP contribution in [0.4, 0.5) is 5.69 Å². The fourth-order valence-corrected chi connectivity index (χ4v) is 4.50. The first-order chi connectivity index (χ1) is 15.2. The summed E-state index contributed by atoms with van der Waals surface area (Å²) in [6.45, 7) is 5.58. The summed E-state index contributed by atoms with van der Waals surface area (Å²) in [5.41, 5.74) is 9.20. The van der Waals surface area contributed by atoms with Gasteiger partial charge >= 0.3 is 0 Å². The standard InChI is InChI=1S/C23H20N6S2/c1-15-3-4-16(9-21(15)26-30-2)12-29(18-6-8-19-22(11-18)25-14-24-19)13-17-5-7-20-23(10-17)28-31-27-20/h3-11,14H,1,12-13H2,2H3,(H,24,25)/b26-21-. The number of hydrogen-bond donors (Lipinski definition) is 1. The summed E-state index contributed by atoms with van der Waals surface area (Å²) >= 11 is 2.69. The minimum Gasteiger partial charge on any atom is -0.363 e. The van der Waals surface area contributed by atoms with Gasteiger partial charge in [-0.3, -0.25) is 0 Å². The van der Waals surface area contributed by atoms with E-state index >= 15 is 0 Å². The second-order valence-electron chi connectivity index (χ2n) is 7.28. The molecule has 2 aromatic carbocycles. The quantitative estimate of drug-likeness (QED) is 0.406. The zero-order valence-electron chi connectivity index (χ0n) is 16.9. The van der Waals surface area contributed by atoms with Crippen LogP contribution in [0.3, 0.4) is 0 Å². The number of aromatic amines is 1. The lowest BCUT2D eigenvalue weighted by Crippen LogP contribution is -2.25. The summed E-state index contributed by atoms with van der Waals surface area (Å²) in [6, 6.07) is 12.6. The highest BCUT2D eigenvalue weighted by Crippen LogP contribution is 2.25. The Labute approximate surface area is 188 Å². The summed E-state index contributed by atoms with van der Waals surface area (Å²) in [5.74, 6) is 0. The summed E-state index contributed by atoms with van der Waals surface area (Å²) in [6.07, 6.45) is 9.96. The van der Waals surface area contributed by atoms with E-state index in [9.17, 15) is 0 Å². The van der Waals surface area contributed by atoms with Crippen molar-refractivity contribution >= 4 is 57.1 Å². The molecule has 0 fully saturated rings. The fraction of sp³-hybridized carbons (Fsp3) is 0.130. The van der Waals surface area contributed by atoms with Crippen molar-refractivity contribution in [2.75, 3.05) is 17.7 Å². The highest BCUT2D eigenvalue weighted by Gasteiger charge is 2.14. The van der Waals surface area contributed by atoms with E-state index in [-0.39, 0.29) is 0 Å². The molecule has 2 aromatic heterocycles. The van der Waals surface area contributed by atoms with Crippen molar-refractivity contribution in [2.24, 2.45) is 4.40 Å². The van der Waals surface area contributed by atoms with Crippen molar-refractivity contribution in [3.63, 3.8) is 0 Å². The Morgan fingerprint density at radius 3 is 2.84 bits per heavy atom.